The van der Waals surface area contributed by atoms with Gasteiger partial charge in [0.2, 0.25) is 0 Å². The van der Waals surface area contributed by atoms with Gasteiger partial charge in [0.15, 0.2) is 0 Å². The lowest BCUT2D eigenvalue weighted by atomic mass is 10.0. The molecule has 1 aromatic carbocycles. The lowest BCUT2D eigenvalue weighted by molar-refractivity contribution is 0.0706. The fourth-order valence-electron chi connectivity index (χ4n) is 1.89. The normalized spacial score (nSPS) is 22.3. The van der Waals surface area contributed by atoms with E-state index in [1.165, 1.54) is 0 Å². The maximum absolute atomic E-state index is 11.8. The fraction of sp³-hybridized carbons (Fsp3) is 0.462. The first kappa shape index (κ1) is 14.5. The van der Waals surface area contributed by atoms with Crippen molar-refractivity contribution in [1.82, 2.24) is 5.32 Å². The standard InChI is InChI=1S/C13H17ClN2O2S/c1-9-3-2-4-10(11(9)14)16-12(17)15-7-13(18)5-6-19-8-13/h2-4,18H,5-8H2,1H3,(H2,15,16,17). The first-order valence-corrected chi connectivity index (χ1v) is 7.63. The van der Waals surface area contributed by atoms with Gasteiger partial charge in [0.25, 0.3) is 0 Å². The summed E-state index contributed by atoms with van der Waals surface area (Å²) in [4.78, 5) is 11.8. The average molecular weight is 301 g/mol. The summed E-state index contributed by atoms with van der Waals surface area (Å²) in [5.41, 5.74) is 0.704. The van der Waals surface area contributed by atoms with E-state index in [0.29, 0.717) is 22.9 Å². The number of rotatable bonds is 3. The number of benzene rings is 1. The van der Waals surface area contributed by atoms with Gasteiger partial charge in [-0.15, -0.1) is 0 Å². The molecule has 1 fully saturated rings. The molecule has 1 unspecified atom stereocenters. The molecule has 6 heteroatoms. The van der Waals surface area contributed by atoms with Crippen molar-refractivity contribution < 1.29 is 9.90 Å². The van der Waals surface area contributed by atoms with E-state index >= 15 is 0 Å². The van der Waals surface area contributed by atoms with Gasteiger partial charge in [-0.25, -0.2) is 4.79 Å². The van der Waals surface area contributed by atoms with E-state index < -0.39 is 5.60 Å². The van der Waals surface area contributed by atoms with Gasteiger partial charge >= 0.3 is 6.03 Å². The van der Waals surface area contributed by atoms with Gasteiger partial charge in [-0.2, -0.15) is 11.8 Å². The fourth-order valence-corrected chi connectivity index (χ4v) is 3.36. The van der Waals surface area contributed by atoms with E-state index in [-0.39, 0.29) is 12.6 Å². The third-order valence-corrected chi connectivity index (χ3v) is 4.84. The summed E-state index contributed by atoms with van der Waals surface area (Å²) in [6, 6.07) is 5.11. The Morgan fingerprint density at radius 3 is 3.05 bits per heavy atom. The summed E-state index contributed by atoms with van der Waals surface area (Å²) < 4.78 is 0. The summed E-state index contributed by atoms with van der Waals surface area (Å²) in [6.45, 7) is 2.14. The molecule has 0 radical (unpaired) electrons. The zero-order valence-corrected chi connectivity index (χ0v) is 12.3. The number of urea groups is 1. The van der Waals surface area contributed by atoms with E-state index in [9.17, 15) is 9.90 Å². The van der Waals surface area contributed by atoms with Crippen LogP contribution in [0.3, 0.4) is 0 Å². The van der Waals surface area contributed by atoms with Crippen molar-refractivity contribution in [2.75, 3.05) is 23.4 Å². The zero-order chi connectivity index (χ0) is 13.9. The molecule has 1 aromatic rings. The minimum absolute atomic E-state index is 0.259. The highest BCUT2D eigenvalue weighted by molar-refractivity contribution is 7.99. The molecule has 3 N–H and O–H groups in total. The number of nitrogens with one attached hydrogen (secondary N) is 2. The van der Waals surface area contributed by atoms with E-state index in [2.05, 4.69) is 10.6 Å². The minimum Gasteiger partial charge on any atom is -0.387 e. The highest BCUT2D eigenvalue weighted by Gasteiger charge is 2.31. The molecule has 1 heterocycles. The lowest BCUT2D eigenvalue weighted by Gasteiger charge is -2.21. The van der Waals surface area contributed by atoms with Crippen LogP contribution in [0.1, 0.15) is 12.0 Å². The highest BCUT2D eigenvalue weighted by Crippen LogP contribution is 2.27. The second-order valence-corrected chi connectivity index (χ2v) is 6.25. The van der Waals surface area contributed by atoms with Gasteiger partial charge in [-0.3, -0.25) is 0 Å². The predicted molar refractivity (Wildman–Crippen MR) is 80.1 cm³/mol. The Labute approximate surface area is 121 Å². The van der Waals surface area contributed by atoms with Crippen LogP contribution in [0.15, 0.2) is 18.2 Å². The Balaban J connectivity index is 1.89. The number of anilines is 1. The van der Waals surface area contributed by atoms with Crippen molar-refractivity contribution in [3.8, 4) is 0 Å². The molecule has 1 saturated heterocycles. The molecule has 1 atom stereocenters. The molecule has 2 rings (SSSR count). The number of aliphatic hydroxyl groups is 1. The van der Waals surface area contributed by atoms with E-state index in [0.717, 1.165) is 11.3 Å². The Kier molecular flexibility index (Phi) is 4.60. The van der Waals surface area contributed by atoms with E-state index in [1.807, 2.05) is 19.1 Å². The molecule has 1 aliphatic rings. The van der Waals surface area contributed by atoms with Gasteiger partial charge in [-0.1, -0.05) is 23.7 Å². The van der Waals surface area contributed by atoms with Gasteiger partial charge in [0.05, 0.1) is 16.3 Å². The van der Waals surface area contributed by atoms with Crippen molar-refractivity contribution in [2.24, 2.45) is 0 Å². The van der Waals surface area contributed by atoms with Gasteiger partial charge < -0.3 is 15.7 Å². The quantitative estimate of drug-likeness (QED) is 0.804. The monoisotopic (exact) mass is 300 g/mol. The predicted octanol–water partition coefficient (Wildman–Crippen LogP) is 2.64. The van der Waals surface area contributed by atoms with Crippen LogP contribution >= 0.6 is 23.4 Å². The number of carbonyl (C=O) groups excluding carboxylic acids is 1. The van der Waals surface area contributed by atoms with Crippen LogP contribution in [-0.4, -0.2) is 34.8 Å². The van der Waals surface area contributed by atoms with Crippen LogP contribution < -0.4 is 10.6 Å². The van der Waals surface area contributed by atoms with Crippen molar-refractivity contribution in [3.63, 3.8) is 0 Å². The Morgan fingerprint density at radius 1 is 1.58 bits per heavy atom. The van der Waals surface area contributed by atoms with Crippen LogP contribution in [0.5, 0.6) is 0 Å². The van der Waals surface area contributed by atoms with E-state index in [1.54, 1.807) is 17.8 Å². The van der Waals surface area contributed by atoms with Crippen LogP contribution in [0.25, 0.3) is 0 Å². The molecule has 0 aromatic heterocycles. The Bertz CT molecular complexity index is 476. The molecule has 2 amide bonds. The smallest absolute Gasteiger partial charge is 0.319 e. The number of hydrogen-bond donors (Lipinski definition) is 3. The largest absolute Gasteiger partial charge is 0.387 e. The van der Waals surface area contributed by atoms with Gasteiger partial charge in [0, 0.05) is 12.3 Å². The number of carbonyl (C=O) groups is 1. The topological polar surface area (TPSA) is 61.4 Å². The van der Waals surface area contributed by atoms with E-state index in [4.69, 9.17) is 11.6 Å². The lowest BCUT2D eigenvalue weighted by Crippen LogP contribution is -2.44. The van der Waals surface area contributed by atoms with Gasteiger partial charge in [0.1, 0.15) is 0 Å². The highest BCUT2D eigenvalue weighted by atomic mass is 35.5. The summed E-state index contributed by atoms with van der Waals surface area (Å²) in [5.74, 6) is 1.60. The first-order chi connectivity index (χ1) is 9.00. The summed E-state index contributed by atoms with van der Waals surface area (Å²) in [5, 5.41) is 16.0. The SMILES string of the molecule is Cc1cccc(NC(=O)NCC2(O)CCSC2)c1Cl. The Hall–Kier alpha value is -0.910. The van der Waals surface area contributed by atoms with Crippen molar-refractivity contribution in [2.45, 2.75) is 18.9 Å². The maximum Gasteiger partial charge on any atom is 0.319 e. The summed E-state index contributed by atoms with van der Waals surface area (Å²) in [7, 11) is 0. The minimum atomic E-state index is -0.779. The second-order valence-electron chi connectivity index (χ2n) is 4.77. The molecular weight excluding hydrogens is 284 g/mol. The van der Waals surface area contributed by atoms with Crippen LogP contribution in [0.4, 0.5) is 10.5 Å². The van der Waals surface area contributed by atoms with Crippen LogP contribution in [0.2, 0.25) is 5.02 Å². The summed E-state index contributed by atoms with van der Waals surface area (Å²) in [6.07, 6.45) is 0.711. The maximum atomic E-state index is 11.8. The number of halogens is 1. The molecular formula is C13H17ClN2O2S. The molecule has 1 aliphatic heterocycles. The number of thioether (sulfide) groups is 1. The Morgan fingerprint density at radius 2 is 2.37 bits per heavy atom. The number of aryl methyl sites for hydroxylation is 1. The summed E-state index contributed by atoms with van der Waals surface area (Å²) >= 11 is 7.79. The first-order valence-electron chi connectivity index (χ1n) is 6.10. The van der Waals surface area contributed by atoms with Crippen molar-refractivity contribution in [3.05, 3.63) is 28.8 Å². The molecule has 0 bridgehead atoms. The van der Waals surface area contributed by atoms with Crippen LogP contribution in [-0.2, 0) is 0 Å². The second kappa shape index (κ2) is 6.03. The number of amides is 2. The molecule has 0 aliphatic carbocycles. The molecule has 104 valence electrons. The van der Waals surface area contributed by atoms with Crippen LogP contribution in [0, 0.1) is 6.92 Å². The molecule has 0 saturated carbocycles. The molecule has 0 spiro atoms. The van der Waals surface area contributed by atoms with Crippen molar-refractivity contribution >= 4 is 35.1 Å². The third kappa shape index (κ3) is 3.78. The zero-order valence-electron chi connectivity index (χ0n) is 10.7. The average Bonchev–Trinajstić information content (AvgIpc) is 2.80. The third-order valence-electron chi connectivity index (χ3n) is 3.10. The molecule has 4 nitrogen and oxygen atoms in total. The number of hydrogen-bond acceptors (Lipinski definition) is 3. The van der Waals surface area contributed by atoms with Gasteiger partial charge in [-0.05, 0) is 30.7 Å². The molecule has 19 heavy (non-hydrogen) atoms. The van der Waals surface area contributed by atoms with Crippen molar-refractivity contribution in [1.29, 1.82) is 0 Å².